The first-order chi connectivity index (χ1) is 15.3. The van der Waals surface area contributed by atoms with Gasteiger partial charge in [0.15, 0.2) is 0 Å². The Balaban J connectivity index is 3.37. The highest BCUT2D eigenvalue weighted by atomic mass is 16.1. The molecule has 0 heterocycles. The summed E-state index contributed by atoms with van der Waals surface area (Å²) >= 11 is 0. The predicted molar refractivity (Wildman–Crippen MR) is 141 cm³/mol. The first kappa shape index (κ1) is 30.4. The van der Waals surface area contributed by atoms with E-state index in [0.29, 0.717) is 0 Å². The van der Waals surface area contributed by atoms with Gasteiger partial charge in [-0.2, -0.15) is 0 Å². The molecule has 0 atom stereocenters. The lowest BCUT2D eigenvalue weighted by Gasteiger charge is -2.04. The molecule has 0 bridgehead atoms. The molecule has 0 spiro atoms. The normalized spacial score (nSPS) is 11.9. The Morgan fingerprint density at radius 3 is 1.13 bits per heavy atom. The molecule has 0 N–H and O–H groups in total. The minimum absolute atomic E-state index is 0.999. The molecule has 1 heteroatoms. The van der Waals surface area contributed by atoms with Crippen molar-refractivity contribution in [3.8, 4) is 0 Å². The first-order valence-corrected chi connectivity index (χ1v) is 14.5. The Morgan fingerprint density at radius 2 is 0.774 bits per heavy atom. The van der Waals surface area contributed by atoms with E-state index in [-0.39, 0.29) is 0 Å². The van der Waals surface area contributed by atoms with E-state index in [2.05, 4.69) is 19.9 Å². The lowest BCUT2D eigenvalue weighted by Crippen LogP contribution is -1.88. The lowest BCUT2D eigenvalue weighted by molar-refractivity contribution is -0.105. The van der Waals surface area contributed by atoms with Crippen LogP contribution in [-0.4, -0.2) is 6.29 Å². The maximum Gasteiger partial charge on any atom is 0.145 e. The highest BCUT2D eigenvalue weighted by Gasteiger charge is 1.98. The topological polar surface area (TPSA) is 17.1 Å². The summed E-state index contributed by atoms with van der Waals surface area (Å²) < 4.78 is 0. The molecule has 0 saturated heterocycles. The molecule has 0 radical (unpaired) electrons. The zero-order chi connectivity index (χ0) is 22.7. The largest absolute Gasteiger partial charge is 0.298 e. The average Bonchev–Trinajstić information content (AvgIpc) is 2.79. The van der Waals surface area contributed by atoms with Crippen molar-refractivity contribution in [2.45, 2.75) is 174 Å². The predicted octanol–water partition coefficient (Wildman–Crippen LogP) is 10.9. The number of unbranched alkanes of at least 4 members (excludes halogenated alkanes) is 22. The quantitative estimate of drug-likeness (QED) is 0.0751. The van der Waals surface area contributed by atoms with Crippen molar-refractivity contribution in [1.29, 1.82) is 0 Å². The van der Waals surface area contributed by atoms with Gasteiger partial charge in [-0.3, -0.25) is 4.79 Å². The van der Waals surface area contributed by atoms with Crippen LogP contribution >= 0.6 is 0 Å². The Kier molecular flexibility index (Phi) is 26.9. The standard InChI is InChI=1S/C30H58O/c1-3-5-7-9-11-13-15-16-18-20-22-24-26-28-30(29-31)27-25-23-21-19-17-14-12-10-8-6-4-2/h28-29H,3-27H2,1-2H3/b30-28-. The van der Waals surface area contributed by atoms with E-state index in [1.54, 1.807) is 0 Å². The van der Waals surface area contributed by atoms with Crippen LogP contribution < -0.4 is 0 Å². The van der Waals surface area contributed by atoms with Crippen molar-refractivity contribution < 1.29 is 4.79 Å². The number of hydrogen-bond acceptors (Lipinski definition) is 1. The molecule has 0 aromatic heterocycles. The van der Waals surface area contributed by atoms with Crippen LogP contribution in [0, 0.1) is 0 Å². The Hall–Kier alpha value is -0.590. The van der Waals surface area contributed by atoms with Crippen molar-refractivity contribution in [2.75, 3.05) is 0 Å². The molecular weight excluding hydrogens is 376 g/mol. The van der Waals surface area contributed by atoms with Gasteiger partial charge in [-0.25, -0.2) is 0 Å². The van der Waals surface area contributed by atoms with E-state index in [1.165, 1.54) is 148 Å². The van der Waals surface area contributed by atoms with E-state index in [1.807, 2.05) is 0 Å². The summed E-state index contributed by atoms with van der Waals surface area (Å²) in [6.45, 7) is 4.57. The van der Waals surface area contributed by atoms with E-state index < -0.39 is 0 Å². The minimum atomic E-state index is 0.999. The monoisotopic (exact) mass is 434 g/mol. The average molecular weight is 435 g/mol. The number of allylic oxidation sites excluding steroid dienone is 2. The van der Waals surface area contributed by atoms with Gasteiger partial charge in [-0.1, -0.05) is 155 Å². The smallest absolute Gasteiger partial charge is 0.145 e. The van der Waals surface area contributed by atoms with Crippen molar-refractivity contribution in [3.05, 3.63) is 11.6 Å². The maximum atomic E-state index is 11.3. The van der Waals surface area contributed by atoms with Gasteiger partial charge in [0.25, 0.3) is 0 Å². The van der Waals surface area contributed by atoms with Gasteiger partial charge in [0, 0.05) is 0 Å². The van der Waals surface area contributed by atoms with Gasteiger partial charge in [0.05, 0.1) is 0 Å². The maximum absolute atomic E-state index is 11.3. The minimum Gasteiger partial charge on any atom is -0.298 e. The van der Waals surface area contributed by atoms with Crippen LogP contribution in [0.3, 0.4) is 0 Å². The van der Waals surface area contributed by atoms with Crippen molar-refractivity contribution in [1.82, 2.24) is 0 Å². The molecule has 0 unspecified atom stereocenters. The fourth-order valence-electron chi connectivity index (χ4n) is 4.48. The molecule has 0 rings (SSSR count). The van der Waals surface area contributed by atoms with Crippen LogP contribution in [0.1, 0.15) is 174 Å². The summed E-state index contributed by atoms with van der Waals surface area (Å²) in [5.41, 5.74) is 1.05. The van der Waals surface area contributed by atoms with Crippen molar-refractivity contribution >= 4 is 6.29 Å². The summed E-state index contributed by atoms with van der Waals surface area (Å²) in [7, 11) is 0. The highest BCUT2D eigenvalue weighted by molar-refractivity contribution is 5.72. The second-order valence-electron chi connectivity index (χ2n) is 9.86. The van der Waals surface area contributed by atoms with Gasteiger partial charge in [0.1, 0.15) is 6.29 Å². The summed E-state index contributed by atoms with van der Waals surface area (Å²) in [6.07, 6.45) is 37.2. The fourth-order valence-corrected chi connectivity index (χ4v) is 4.48. The second-order valence-corrected chi connectivity index (χ2v) is 9.86. The van der Waals surface area contributed by atoms with Crippen molar-refractivity contribution in [3.63, 3.8) is 0 Å². The number of aldehydes is 1. The number of carbonyl (C=O) groups is 1. The molecule has 0 aromatic rings. The van der Waals surface area contributed by atoms with Gasteiger partial charge < -0.3 is 0 Å². The summed E-state index contributed by atoms with van der Waals surface area (Å²) in [4.78, 5) is 11.3. The van der Waals surface area contributed by atoms with Crippen LogP contribution in [0.25, 0.3) is 0 Å². The second kappa shape index (κ2) is 27.4. The molecule has 0 saturated carbocycles. The van der Waals surface area contributed by atoms with E-state index in [0.717, 1.165) is 24.7 Å². The molecule has 0 fully saturated rings. The number of rotatable bonds is 26. The van der Waals surface area contributed by atoms with E-state index >= 15 is 0 Å². The Bertz CT molecular complexity index is 371. The van der Waals surface area contributed by atoms with E-state index in [4.69, 9.17) is 0 Å². The summed E-state index contributed by atoms with van der Waals surface area (Å²) in [6, 6.07) is 0. The zero-order valence-electron chi connectivity index (χ0n) is 21.7. The highest BCUT2D eigenvalue weighted by Crippen LogP contribution is 2.15. The molecule has 0 aliphatic carbocycles. The van der Waals surface area contributed by atoms with Gasteiger partial charge in [-0.05, 0) is 31.3 Å². The van der Waals surface area contributed by atoms with Crippen LogP contribution in [0.15, 0.2) is 11.6 Å². The third-order valence-corrected chi connectivity index (χ3v) is 6.68. The molecule has 0 aromatic carbocycles. The third kappa shape index (κ3) is 25.5. The first-order valence-electron chi connectivity index (χ1n) is 14.5. The van der Waals surface area contributed by atoms with Gasteiger partial charge >= 0.3 is 0 Å². The molecule has 31 heavy (non-hydrogen) atoms. The molecule has 1 nitrogen and oxygen atoms in total. The molecular formula is C30H58O. The SMILES string of the molecule is CCCCCCCCCCCCCC/C=C(\C=O)CCCCCCCCCCCCC. The summed E-state index contributed by atoms with van der Waals surface area (Å²) in [5, 5.41) is 0. The molecule has 0 amide bonds. The molecule has 184 valence electrons. The third-order valence-electron chi connectivity index (χ3n) is 6.68. The number of hydrogen-bond donors (Lipinski definition) is 0. The Morgan fingerprint density at radius 1 is 0.452 bits per heavy atom. The molecule has 0 aliphatic heterocycles. The van der Waals surface area contributed by atoms with Crippen LogP contribution in [0.4, 0.5) is 0 Å². The number of carbonyl (C=O) groups excluding carboxylic acids is 1. The Labute approximate surface area is 197 Å². The van der Waals surface area contributed by atoms with Crippen LogP contribution in [0.2, 0.25) is 0 Å². The van der Waals surface area contributed by atoms with Crippen molar-refractivity contribution in [2.24, 2.45) is 0 Å². The van der Waals surface area contributed by atoms with Crippen LogP contribution in [-0.2, 0) is 4.79 Å². The van der Waals surface area contributed by atoms with Crippen LogP contribution in [0.5, 0.6) is 0 Å². The zero-order valence-corrected chi connectivity index (χ0v) is 21.7. The lowest BCUT2D eigenvalue weighted by atomic mass is 10.0. The molecule has 0 aliphatic rings. The van der Waals surface area contributed by atoms with E-state index in [9.17, 15) is 4.79 Å². The fraction of sp³-hybridized carbons (Fsp3) is 0.900. The van der Waals surface area contributed by atoms with Gasteiger partial charge in [-0.15, -0.1) is 0 Å². The van der Waals surface area contributed by atoms with Gasteiger partial charge in [0.2, 0.25) is 0 Å². The summed E-state index contributed by atoms with van der Waals surface area (Å²) in [5.74, 6) is 0.